The summed E-state index contributed by atoms with van der Waals surface area (Å²) in [6, 6.07) is 9.73. The normalized spacial score (nSPS) is 15.8. The van der Waals surface area contributed by atoms with Crippen LogP contribution in [0.5, 0.6) is 0 Å². The molecule has 1 aliphatic heterocycles. The van der Waals surface area contributed by atoms with E-state index in [1.807, 2.05) is 48.9 Å². The van der Waals surface area contributed by atoms with Crippen LogP contribution in [0.1, 0.15) is 17.3 Å². The van der Waals surface area contributed by atoms with Crippen molar-refractivity contribution >= 4 is 23.1 Å². The van der Waals surface area contributed by atoms with Crippen molar-refractivity contribution in [2.24, 2.45) is 5.73 Å². The maximum Gasteiger partial charge on any atom is 0.180 e. The van der Waals surface area contributed by atoms with Gasteiger partial charge in [-0.15, -0.1) is 0 Å². The van der Waals surface area contributed by atoms with E-state index >= 15 is 0 Å². The highest BCUT2D eigenvalue weighted by atomic mass is 35.5. The van der Waals surface area contributed by atoms with Gasteiger partial charge in [0.05, 0.1) is 17.6 Å². The van der Waals surface area contributed by atoms with Crippen molar-refractivity contribution in [1.82, 2.24) is 29.2 Å². The number of hydrogen-bond donors (Lipinski definition) is 1. The lowest BCUT2D eigenvalue weighted by molar-refractivity contribution is 0.312. The number of piperazine rings is 1. The van der Waals surface area contributed by atoms with E-state index in [-0.39, 0.29) is 5.92 Å². The number of anilines is 1. The van der Waals surface area contributed by atoms with Crippen molar-refractivity contribution in [3.05, 3.63) is 71.5 Å². The van der Waals surface area contributed by atoms with Gasteiger partial charge in [0.15, 0.2) is 11.5 Å². The minimum absolute atomic E-state index is 0.0918. The molecule has 0 spiro atoms. The van der Waals surface area contributed by atoms with E-state index < -0.39 is 0 Å². The third-order valence-electron chi connectivity index (χ3n) is 6.21. The maximum absolute atomic E-state index is 6.18. The Balaban J connectivity index is 1.44. The molecule has 0 aliphatic carbocycles. The van der Waals surface area contributed by atoms with Gasteiger partial charge in [0.1, 0.15) is 5.82 Å². The van der Waals surface area contributed by atoms with Gasteiger partial charge in [0, 0.05) is 62.1 Å². The van der Waals surface area contributed by atoms with Gasteiger partial charge in [-0.3, -0.25) is 4.40 Å². The van der Waals surface area contributed by atoms with Crippen LogP contribution >= 0.6 is 11.6 Å². The second-order valence-electron chi connectivity index (χ2n) is 8.43. The molecule has 1 aromatic carbocycles. The number of nitrogens with zero attached hydrogens (tertiary/aromatic N) is 7. The number of aromatic nitrogens is 5. The smallest absolute Gasteiger partial charge is 0.180 e. The second kappa shape index (κ2) is 9.43. The molecule has 2 N–H and O–H groups in total. The first-order valence-electron chi connectivity index (χ1n) is 11.2. The monoisotopic (exact) mass is 462 g/mol. The van der Waals surface area contributed by atoms with Crippen LogP contribution in [-0.4, -0.2) is 69.0 Å². The number of benzene rings is 1. The molecule has 0 bridgehead atoms. The molecule has 170 valence electrons. The molecular formula is C24H27ClN8. The Morgan fingerprint density at radius 3 is 2.70 bits per heavy atom. The lowest BCUT2D eigenvalue weighted by Gasteiger charge is -2.33. The molecule has 1 unspecified atom stereocenters. The minimum atomic E-state index is 0.0918. The summed E-state index contributed by atoms with van der Waals surface area (Å²) in [5, 5.41) is 0.705. The van der Waals surface area contributed by atoms with Crippen LogP contribution < -0.4 is 10.6 Å². The van der Waals surface area contributed by atoms with E-state index in [9.17, 15) is 0 Å². The Hall–Kier alpha value is -3.07. The highest BCUT2D eigenvalue weighted by Gasteiger charge is 2.20. The van der Waals surface area contributed by atoms with Gasteiger partial charge in [-0.2, -0.15) is 0 Å². The molecule has 9 heteroatoms. The predicted molar refractivity (Wildman–Crippen MR) is 131 cm³/mol. The third kappa shape index (κ3) is 4.55. The van der Waals surface area contributed by atoms with E-state index in [1.165, 1.54) is 0 Å². The molecule has 0 saturated carbocycles. The fraction of sp³-hybridized carbons (Fsp3) is 0.333. The summed E-state index contributed by atoms with van der Waals surface area (Å²) in [4.78, 5) is 23.3. The zero-order chi connectivity index (χ0) is 22.8. The van der Waals surface area contributed by atoms with E-state index in [0.717, 1.165) is 60.4 Å². The Morgan fingerprint density at radius 1 is 1.06 bits per heavy atom. The van der Waals surface area contributed by atoms with Gasteiger partial charge in [-0.05, 0) is 37.4 Å². The quantitative estimate of drug-likeness (QED) is 0.471. The van der Waals surface area contributed by atoms with Crippen molar-refractivity contribution < 1.29 is 0 Å². The van der Waals surface area contributed by atoms with Crippen molar-refractivity contribution in [3.63, 3.8) is 0 Å². The largest absolute Gasteiger partial charge is 0.351 e. The summed E-state index contributed by atoms with van der Waals surface area (Å²) in [5.41, 5.74) is 9.76. The van der Waals surface area contributed by atoms with Crippen molar-refractivity contribution in [1.29, 1.82) is 0 Å². The van der Waals surface area contributed by atoms with Gasteiger partial charge in [-0.25, -0.2) is 19.9 Å². The fourth-order valence-electron chi connectivity index (χ4n) is 4.29. The van der Waals surface area contributed by atoms with Crippen molar-refractivity contribution in [2.75, 3.05) is 44.7 Å². The average Bonchev–Trinajstić information content (AvgIpc) is 3.28. The fourth-order valence-corrected chi connectivity index (χ4v) is 4.49. The van der Waals surface area contributed by atoms with Crippen molar-refractivity contribution in [3.8, 4) is 11.4 Å². The summed E-state index contributed by atoms with van der Waals surface area (Å²) in [7, 11) is 2.15. The predicted octanol–water partition coefficient (Wildman–Crippen LogP) is 2.88. The van der Waals surface area contributed by atoms with E-state index in [1.54, 1.807) is 6.20 Å². The van der Waals surface area contributed by atoms with Crippen LogP contribution in [-0.2, 0) is 6.42 Å². The van der Waals surface area contributed by atoms with Crippen LogP contribution in [0.4, 0.5) is 5.82 Å². The molecule has 0 radical (unpaired) electrons. The van der Waals surface area contributed by atoms with Crippen LogP contribution in [0.2, 0.25) is 5.02 Å². The molecule has 1 atom stereocenters. The maximum atomic E-state index is 6.18. The number of imidazole rings is 1. The first-order chi connectivity index (χ1) is 16.1. The first kappa shape index (κ1) is 21.8. The molecule has 4 aromatic rings. The average molecular weight is 463 g/mol. The summed E-state index contributed by atoms with van der Waals surface area (Å²) in [6.07, 6.45) is 8.06. The minimum Gasteiger partial charge on any atom is -0.351 e. The number of nitrogens with two attached hydrogens (primary N) is 1. The Kier molecular flexibility index (Phi) is 6.22. The molecule has 4 heterocycles. The number of likely N-dealkylation sites (N-methyl/N-ethyl adjacent to an activating group) is 1. The lowest BCUT2D eigenvalue weighted by Crippen LogP contribution is -2.45. The molecule has 1 fully saturated rings. The summed E-state index contributed by atoms with van der Waals surface area (Å²) in [6.45, 7) is 4.39. The van der Waals surface area contributed by atoms with Crippen LogP contribution in [0.3, 0.4) is 0 Å². The van der Waals surface area contributed by atoms with Crippen LogP contribution in [0.25, 0.3) is 17.0 Å². The van der Waals surface area contributed by atoms with Gasteiger partial charge in [0.2, 0.25) is 0 Å². The highest BCUT2D eigenvalue weighted by molar-refractivity contribution is 6.30. The molecule has 1 saturated heterocycles. The topological polar surface area (TPSA) is 88.5 Å². The van der Waals surface area contributed by atoms with Gasteiger partial charge < -0.3 is 15.5 Å². The zero-order valence-corrected chi connectivity index (χ0v) is 19.4. The van der Waals surface area contributed by atoms with Gasteiger partial charge in [0.25, 0.3) is 0 Å². The number of halogens is 1. The molecule has 0 amide bonds. The zero-order valence-electron chi connectivity index (χ0n) is 18.6. The number of hydrogen-bond acceptors (Lipinski definition) is 7. The number of fused-ring (bicyclic) bond motifs is 1. The summed E-state index contributed by atoms with van der Waals surface area (Å²) < 4.78 is 2.06. The standard InChI is InChI=1S/C24H27ClN8/c1-31-9-11-32(12-10-31)23-24-29-16-21(33(24)8-7-28-23)20-5-6-27-22(30-20)14-18(15-26)17-3-2-4-19(25)13-17/h2-8,13,16,18H,9-12,14-15,26H2,1H3. The Labute approximate surface area is 198 Å². The van der Waals surface area contributed by atoms with E-state index in [0.29, 0.717) is 18.0 Å². The molecule has 3 aromatic heterocycles. The molecule has 5 rings (SSSR count). The van der Waals surface area contributed by atoms with Gasteiger partial charge in [-0.1, -0.05) is 23.7 Å². The molecule has 33 heavy (non-hydrogen) atoms. The molecular weight excluding hydrogens is 436 g/mol. The highest BCUT2D eigenvalue weighted by Crippen LogP contribution is 2.26. The van der Waals surface area contributed by atoms with Gasteiger partial charge >= 0.3 is 0 Å². The molecule has 8 nitrogen and oxygen atoms in total. The van der Waals surface area contributed by atoms with Crippen LogP contribution in [0.15, 0.2) is 55.1 Å². The van der Waals surface area contributed by atoms with E-state index in [2.05, 4.69) is 31.2 Å². The summed E-state index contributed by atoms with van der Waals surface area (Å²) >= 11 is 6.18. The van der Waals surface area contributed by atoms with Crippen LogP contribution in [0, 0.1) is 0 Å². The number of rotatable bonds is 6. The first-order valence-corrected chi connectivity index (χ1v) is 11.5. The summed E-state index contributed by atoms with van der Waals surface area (Å²) in [5.74, 6) is 1.75. The van der Waals surface area contributed by atoms with Crippen molar-refractivity contribution in [2.45, 2.75) is 12.3 Å². The third-order valence-corrected chi connectivity index (χ3v) is 6.45. The Morgan fingerprint density at radius 2 is 1.91 bits per heavy atom. The lowest BCUT2D eigenvalue weighted by atomic mass is 9.95. The second-order valence-corrected chi connectivity index (χ2v) is 8.86. The SMILES string of the molecule is CN1CCN(c2nccn3c(-c4ccnc(CC(CN)c5cccc(Cl)c5)n4)cnc23)CC1. The van der Waals surface area contributed by atoms with E-state index in [4.69, 9.17) is 27.3 Å². The molecule has 1 aliphatic rings. The Bertz CT molecular complexity index is 1250.